The summed E-state index contributed by atoms with van der Waals surface area (Å²) in [6.45, 7) is 3.28. The Balaban J connectivity index is 1.03. The molecule has 3 aliphatic rings. The van der Waals surface area contributed by atoms with Crippen LogP contribution >= 0.6 is 11.8 Å². The average molecular weight is 449 g/mol. The van der Waals surface area contributed by atoms with Crippen molar-refractivity contribution in [3.63, 3.8) is 0 Å². The SMILES string of the molecule is O=C(NC1CCN(CC2COc3ccccc3O2)CC1)C1=Cc2cnc3cccc(n23)S1. The first-order valence-electron chi connectivity index (χ1n) is 11.0. The van der Waals surface area contributed by atoms with Gasteiger partial charge in [0.1, 0.15) is 18.4 Å². The lowest BCUT2D eigenvalue weighted by Crippen LogP contribution is -2.48. The van der Waals surface area contributed by atoms with Crippen LogP contribution < -0.4 is 14.8 Å². The number of aromatic nitrogens is 2. The topological polar surface area (TPSA) is 68.1 Å². The maximum Gasteiger partial charge on any atom is 0.258 e. The van der Waals surface area contributed by atoms with Crippen LogP contribution in [-0.4, -0.2) is 58.6 Å². The summed E-state index contributed by atoms with van der Waals surface area (Å²) in [5.74, 6) is 1.64. The zero-order valence-electron chi connectivity index (χ0n) is 17.6. The van der Waals surface area contributed by atoms with Crippen LogP contribution in [0.5, 0.6) is 11.5 Å². The molecule has 8 heteroatoms. The lowest BCUT2D eigenvalue weighted by molar-refractivity contribution is -0.117. The Kier molecular flexibility index (Phi) is 5.04. The van der Waals surface area contributed by atoms with Gasteiger partial charge in [-0.1, -0.05) is 30.0 Å². The number of pyridine rings is 1. The zero-order valence-corrected chi connectivity index (χ0v) is 18.4. The van der Waals surface area contributed by atoms with Gasteiger partial charge in [-0.3, -0.25) is 14.1 Å². The van der Waals surface area contributed by atoms with Crippen molar-refractivity contribution in [3.8, 4) is 11.5 Å². The number of carbonyl (C=O) groups is 1. The largest absolute Gasteiger partial charge is 0.486 e. The maximum atomic E-state index is 13.0. The average Bonchev–Trinajstić information content (AvgIpc) is 3.25. The zero-order chi connectivity index (χ0) is 21.5. The second-order valence-electron chi connectivity index (χ2n) is 8.40. The molecule has 1 amide bonds. The van der Waals surface area contributed by atoms with Crippen molar-refractivity contribution in [2.24, 2.45) is 0 Å². The molecule has 1 saturated heterocycles. The molecule has 0 bridgehead atoms. The van der Waals surface area contributed by atoms with Gasteiger partial charge in [0.25, 0.3) is 5.91 Å². The minimum atomic E-state index is -0.00137. The van der Waals surface area contributed by atoms with Crippen LogP contribution in [0.15, 0.2) is 58.6 Å². The summed E-state index contributed by atoms with van der Waals surface area (Å²) < 4.78 is 14.0. The standard InChI is InChI=1S/C24H24N4O3S/c29-24(21-12-17-13-25-22-6-3-7-23(32-21)28(17)22)26-16-8-10-27(11-9-16)14-18-15-30-19-4-1-2-5-20(19)31-18/h1-7,12-13,16,18H,8-11,14-15H2,(H,26,29). The summed E-state index contributed by atoms with van der Waals surface area (Å²) >= 11 is 1.50. The number of carbonyl (C=O) groups excluding carboxylic acids is 1. The monoisotopic (exact) mass is 448 g/mol. The number of amides is 1. The molecular weight excluding hydrogens is 424 g/mol. The third kappa shape index (κ3) is 3.73. The molecule has 5 heterocycles. The number of benzene rings is 1. The van der Waals surface area contributed by atoms with Crippen molar-refractivity contribution in [2.45, 2.75) is 30.0 Å². The molecule has 0 saturated carbocycles. The maximum absolute atomic E-state index is 13.0. The summed E-state index contributed by atoms with van der Waals surface area (Å²) in [6, 6.07) is 14.0. The molecule has 7 nitrogen and oxygen atoms in total. The molecule has 1 N–H and O–H groups in total. The Labute approximate surface area is 190 Å². The number of imidazole rings is 1. The predicted molar refractivity (Wildman–Crippen MR) is 123 cm³/mol. The summed E-state index contributed by atoms with van der Waals surface area (Å²) in [6.07, 6.45) is 5.65. The molecule has 32 heavy (non-hydrogen) atoms. The van der Waals surface area contributed by atoms with E-state index in [1.165, 1.54) is 11.8 Å². The van der Waals surface area contributed by atoms with Gasteiger partial charge in [-0.2, -0.15) is 0 Å². The van der Waals surface area contributed by atoms with Crippen LogP contribution in [0.1, 0.15) is 18.5 Å². The van der Waals surface area contributed by atoms with E-state index in [1.54, 1.807) is 0 Å². The highest BCUT2D eigenvalue weighted by molar-refractivity contribution is 8.04. The van der Waals surface area contributed by atoms with E-state index in [4.69, 9.17) is 9.47 Å². The number of likely N-dealkylation sites (tertiary alicyclic amines) is 1. The third-order valence-corrected chi connectivity index (χ3v) is 7.24. The molecule has 0 aliphatic carbocycles. The van der Waals surface area contributed by atoms with Gasteiger partial charge in [-0.15, -0.1) is 0 Å². The molecule has 0 spiro atoms. The van der Waals surface area contributed by atoms with E-state index < -0.39 is 0 Å². The number of para-hydroxylation sites is 2. The Bertz CT molecular complexity index is 1200. The fourth-order valence-electron chi connectivity index (χ4n) is 4.56. The molecule has 3 aromatic rings. The summed E-state index contributed by atoms with van der Waals surface area (Å²) in [5.41, 5.74) is 1.86. The van der Waals surface area contributed by atoms with Crippen LogP contribution in [0.3, 0.4) is 0 Å². The van der Waals surface area contributed by atoms with Crippen LogP contribution in [0.4, 0.5) is 0 Å². The van der Waals surface area contributed by atoms with E-state index in [0.717, 1.165) is 65.2 Å². The highest BCUT2D eigenvalue weighted by atomic mass is 32.2. The lowest BCUT2D eigenvalue weighted by Gasteiger charge is -2.36. The molecular formula is C24H24N4O3S. The normalized spacial score (nSPS) is 20.8. The van der Waals surface area contributed by atoms with E-state index in [9.17, 15) is 4.79 Å². The van der Waals surface area contributed by atoms with Crippen molar-refractivity contribution < 1.29 is 14.3 Å². The first-order valence-corrected chi connectivity index (χ1v) is 11.8. The van der Waals surface area contributed by atoms with Crippen molar-refractivity contribution in [3.05, 3.63) is 59.3 Å². The van der Waals surface area contributed by atoms with Gasteiger partial charge < -0.3 is 14.8 Å². The number of nitrogens with zero attached hydrogens (tertiary/aromatic N) is 3. The minimum Gasteiger partial charge on any atom is -0.486 e. The number of fused-ring (bicyclic) bond motifs is 1. The number of hydrogen-bond acceptors (Lipinski definition) is 6. The van der Waals surface area contributed by atoms with Crippen molar-refractivity contribution in [2.75, 3.05) is 26.2 Å². The van der Waals surface area contributed by atoms with Crippen LogP contribution in [0, 0.1) is 0 Å². The molecule has 1 fully saturated rings. The van der Waals surface area contributed by atoms with Crippen molar-refractivity contribution in [1.82, 2.24) is 19.6 Å². The van der Waals surface area contributed by atoms with Crippen LogP contribution in [-0.2, 0) is 4.79 Å². The molecule has 1 aromatic carbocycles. The second-order valence-corrected chi connectivity index (χ2v) is 9.46. The first kappa shape index (κ1) is 19.7. The number of piperidine rings is 1. The summed E-state index contributed by atoms with van der Waals surface area (Å²) in [7, 11) is 0. The second kappa shape index (κ2) is 8.18. The predicted octanol–water partition coefficient (Wildman–Crippen LogP) is 3.20. The van der Waals surface area contributed by atoms with E-state index >= 15 is 0 Å². The quantitative estimate of drug-likeness (QED) is 0.661. The molecule has 6 rings (SSSR count). The molecule has 3 aliphatic heterocycles. The number of thioether (sulfide) groups is 1. The Hall–Kier alpha value is -2.97. The minimum absolute atomic E-state index is 0.00137. The van der Waals surface area contributed by atoms with E-state index in [2.05, 4.69) is 19.6 Å². The van der Waals surface area contributed by atoms with Gasteiger partial charge in [-0.25, -0.2) is 4.98 Å². The van der Waals surface area contributed by atoms with Crippen molar-refractivity contribution >= 4 is 29.4 Å². The Morgan fingerprint density at radius 3 is 2.84 bits per heavy atom. The first-order chi connectivity index (χ1) is 15.7. The lowest BCUT2D eigenvalue weighted by atomic mass is 10.0. The van der Waals surface area contributed by atoms with Gasteiger partial charge in [-0.05, 0) is 43.2 Å². The Morgan fingerprint density at radius 1 is 1.12 bits per heavy atom. The van der Waals surface area contributed by atoms with Gasteiger partial charge in [0.15, 0.2) is 11.5 Å². The van der Waals surface area contributed by atoms with E-state index in [-0.39, 0.29) is 18.1 Å². The summed E-state index contributed by atoms with van der Waals surface area (Å²) in [4.78, 5) is 20.5. The van der Waals surface area contributed by atoms with Gasteiger partial charge in [0.05, 0.1) is 21.8 Å². The highest BCUT2D eigenvalue weighted by Gasteiger charge is 2.28. The molecule has 1 atom stereocenters. The van der Waals surface area contributed by atoms with Gasteiger partial charge in [0, 0.05) is 25.7 Å². The summed E-state index contributed by atoms with van der Waals surface area (Å²) in [5, 5.41) is 4.26. The number of hydrogen-bond donors (Lipinski definition) is 1. The number of ether oxygens (including phenoxy) is 2. The molecule has 1 unspecified atom stereocenters. The third-order valence-electron chi connectivity index (χ3n) is 6.19. The fourth-order valence-corrected chi connectivity index (χ4v) is 5.55. The molecule has 164 valence electrons. The van der Waals surface area contributed by atoms with Crippen molar-refractivity contribution in [1.29, 1.82) is 0 Å². The van der Waals surface area contributed by atoms with E-state index in [1.807, 2.05) is 54.7 Å². The molecule has 2 aromatic heterocycles. The molecule has 0 radical (unpaired) electrons. The van der Waals surface area contributed by atoms with Crippen LogP contribution in [0.2, 0.25) is 0 Å². The Morgan fingerprint density at radius 2 is 1.97 bits per heavy atom. The fraction of sp³-hybridized carbons (Fsp3) is 0.333. The van der Waals surface area contributed by atoms with Gasteiger partial charge >= 0.3 is 0 Å². The smallest absolute Gasteiger partial charge is 0.258 e. The van der Waals surface area contributed by atoms with Crippen LogP contribution in [0.25, 0.3) is 11.7 Å². The van der Waals surface area contributed by atoms with Gasteiger partial charge in [0.2, 0.25) is 0 Å². The highest BCUT2D eigenvalue weighted by Crippen LogP contribution is 2.35. The number of rotatable bonds is 4. The number of nitrogens with one attached hydrogen (secondary N) is 1. The van der Waals surface area contributed by atoms with E-state index in [0.29, 0.717) is 6.61 Å².